The van der Waals surface area contributed by atoms with Gasteiger partial charge in [0.05, 0.1) is 11.3 Å². The number of halogens is 1. The predicted octanol–water partition coefficient (Wildman–Crippen LogP) is 2.78. The Balaban J connectivity index is 3.11. The summed E-state index contributed by atoms with van der Waals surface area (Å²) in [5.41, 5.74) is 1.39. The third kappa shape index (κ3) is 2.39. The first-order chi connectivity index (χ1) is 6.16. The van der Waals surface area contributed by atoms with Gasteiger partial charge >= 0.3 is 0 Å². The van der Waals surface area contributed by atoms with Gasteiger partial charge in [-0.25, -0.2) is 0 Å². The number of hydrogen-bond acceptors (Lipinski definition) is 3. The Labute approximate surface area is 87.0 Å². The first kappa shape index (κ1) is 10.4. The molecule has 0 unspecified atom stereocenters. The first-order valence-electron chi connectivity index (χ1n) is 3.73. The third-order valence-corrected chi connectivity index (χ3v) is 2.68. The largest absolute Gasteiger partial charge is 0.319 e. The molecular weight excluding hydrogens is 206 g/mol. The molecule has 0 fully saturated rings. The van der Waals surface area contributed by atoms with Gasteiger partial charge in [-0.2, -0.15) is 0 Å². The van der Waals surface area contributed by atoms with E-state index in [-0.39, 0.29) is 0 Å². The molecule has 4 heteroatoms. The van der Waals surface area contributed by atoms with Crippen LogP contribution in [0.1, 0.15) is 10.4 Å². The van der Waals surface area contributed by atoms with Gasteiger partial charge in [-0.15, -0.1) is 0 Å². The van der Waals surface area contributed by atoms with E-state index < -0.39 is 5.24 Å². The molecule has 0 spiro atoms. The van der Waals surface area contributed by atoms with Crippen molar-refractivity contribution >= 4 is 34.5 Å². The Hall–Kier alpha value is -0.670. The van der Waals surface area contributed by atoms with E-state index in [0.717, 1.165) is 5.69 Å². The summed E-state index contributed by atoms with van der Waals surface area (Å²) in [6, 6.07) is 7.27. The Bertz CT molecular complexity index is 316. The summed E-state index contributed by atoms with van der Waals surface area (Å²) in [6.45, 7) is 0. The van der Waals surface area contributed by atoms with Crippen molar-refractivity contribution in [1.29, 1.82) is 0 Å². The molecule has 1 aromatic carbocycles. The van der Waals surface area contributed by atoms with E-state index >= 15 is 0 Å². The van der Waals surface area contributed by atoms with Crippen LogP contribution in [0.15, 0.2) is 24.3 Å². The van der Waals surface area contributed by atoms with Crippen molar-refractivity contribution in [1.82, 2.24) is 0 Å². The minimum Gasteiger partial charge on any atom is -0.319 e. The monoisotopic (exact) mass is 215 g/mol. The van der Waals surface area contributed by atoms with Crippen molar-refractivity contribution in [2.24, 2.45) is 0 Å². The highest BCUT2D eigenvalue weighted by Gasteiger charge is 2.10. The Morgan fingerprint density at radius 3 is 2.62 bits per heavy atom. The minimum absolute atomic E-state index is 0.420. The van der Waals surface area contributed by atoms with Crippen LogP contribution in [0, 0.1) is 0 Å². The maximum atomic E-state index is 11.0. The molecule has 1 aromatic rings. The number of carbonyl (C=O) groups is 1. The summed E-state index contributed by atoms with van der Waals surface area (Å²) >= 11 is 6.97. The van der Waals surface area contributed by atoms with E-state index in [1.165, 1.54) is 11.9 Å². The van der Waals surface area contributed by atoms with Gasteiger partial charge in [0.1, 0.15) is 0 Å². The van der Waals surface area contributed by atoms with Gasteiger partial charge in [-0.3, -0.25) is 4.79 Å². The fourth-order valence-electron chi connectivity index (χ4n) is 1.01. The van der Waals surface area contributed by atoms with Gasteiger partial charge in [-0.1, -0.05) is 24.1 Å². The molecule has 0 atom stereocenters. The van der Waals surface area contributed by atoms with Crippen LogP contribution in [0.4, 0.5) is 5.69 Å². The molecule has 1 rings (SSSR count). The van der Waals surface area contributed by atoms with Gasteiger partial charge in [-0.05, 0) is 23.7 Å². The highest BCUT2D eigenvalue weighted by molar-refractivity contribution is 7.99. The lowest BCUT2D eigenvalue weighted by Gasteiger charge is -2.17. The highest BCUT2D eigenvalue weighted by Crippen LogP contribution is 2.24. The van der Waals surface area contributed by atoms with Gasteiger partial charge < -0.3 is 4.31 Å². The Kier molecular flexibility index (Phi) is 3.63. The van der Waals surface area contributed by atoms with Gasteiger partial charge in [0.25, 0.3) is 5.24 Å². The number of anilines is 1. The van der Waals surface area contributed by atoms with Crippen LogP contribution in [0.25, 0.3) is 0 Å². The molecule has 0 saturated heterocycles. The zero-order valence-corrected chi connectivity index (χ0v) is 9.02. The van der Waals surface area contributed by atoms with Crippen molar-refractivity contribution in [3.05, 3.63) is 29.8 Å². The molecule has 2 nitrogen and oxygen atoms in total. The zero-order chi connectivity index (χ0) is 9.84. The second-order valence-corrected chi connectivity index (χ2v) is 3.73. The summed E-state index contributed by atoms with van der Waals surface area (Å²) in [6.07, 6.45) is 1.94. The van der Waals surface area contributed by atoms with E-state index in [0.29, 0.717) is 5.56 Å². The van der Waals surface area contributed by atoms with Crippen LogP contribution < -0.4 is 4.31 Å². The van der Waals surface area contributed by atoms with Crippen molar-refractivity contribution < 1.29 is 4.79 Å². The topological polar surface area (TPSA) is 20.3 Å². The van der Waals surface area contributed by atoms with E-state index in [1.54, 1.807) is 12.1 Å². The Morgan fingerprint density at radius 2 is 2.08 bits per heavy atom. The zero-order valence-electron chi connectivity index (χ0n) is 7.45. The lowest BCUT2D eigenvalue weighted by molar-refractivity contribution is 0.108. The first-order valence-corrected chi connectivity index (χ1v) is 5.29. The fourth-order valence-corrected chi connectivity index (χ4v) is 1.53. The highest BCUT2D eigenvalue weighted by atomic mass is 35.5. The number of nitrogens with zero attached hydrogens (tertiary/aromatic N) is 1. The average Bonchev–Trinajstić information content (AvgIpc) is 2.16. The summed E-state index contributed by atoms with van der Waals surface area (Å²) in [4.78, 5) is 11.0. The van der Waals surface area contributed by atoms with Gasteiger partial charge in [0, 0.05) is 13.3 Å². The summed E-state index contributed by atoms with van der Waals surface area (Å²) in [5.74, 6) is 0. The molecule has 0 aliphatic rings. The van der Waals surface area contributed by atoms with Gasteiger partial charge in [0.15, 0.2) is 0 Å². The molecule has 13 heavy (non-hydrogen) atoms. The maximum absolute atomic E-state index is 11.0. The smallest absolute Gasteiger partial charge is 0.254 e. The van der Waals surface area contributed by atoms with E-state index in [2.05, 4.69) is 0 Å². The third-order valence-electron chi connectivity index (χ3n) is 1.73. The second-order valence-electron chi connectivity index (χ2n) is 2.47. The molecule has 0 aromatic heterocycles. The quantitative estimate of drug-likeness (QED) is 0.571. The van der Waals surface area contributed by atoms with Crippen LogP contribution in [0.5, 0.6) is 0 Å². The number of hydrogen-bond donors (Lipinski definition) is 0. The SMILES string of the molecule is CSN(C)c1ccccc1C(=O)Cl. The number of rotatable bonds is 3. The number of benzene rings is 1. The second kappa shape index (κ2) is 4.53. The van der Waals surface area contributed by atoms with Crippen molar-refractivity contribution in [2.45, 2.75) is 0 Å². The van der Waals surface area contributed by atoms with Crippen molar-refractivity contribution in [2.75, 3.05) is 17.6 Å². The lowest BCUT2D eigenvalue weighted by Crippen LogP contribution is -2.09. The number of carbonyl (C=O) groups excluding carboxylic acids is 1. The summed E-state index contributed by atoms with van der Waals surface area (Å²) in [5, 5.41) is -0.420. The minimum atomic E-state index is -0.420. The van der Waals surface area contributed by atoms with E-state index in [4.69, 9.17) is 11.6 Å². The molecule has 0 aliphatic heterocycles. The average molecular weight is 216 g/mol. The predicted molar refractivity (Wildman–Crippen MR) is 58.5 cm³/mol. The van der Waals surface area contributed by atoms with Crippen LogP contribution in [0.3, 0.4) is 0 Å². The van der Waals surface area contributed by atoms with Crippen molar-refractivity contribution in [3.63, 3.8) is 0 Å². The normalized spacial score (nSPS) is 9.77. The molecule has 0 bridgehead atoms. The molecule has 70 valence electrons. The Morgan fingerprint density at radius 1 is 1.46 bits per heavy atom. The molecule has 0 amide bonds. The summed E-state index contributed by atoms with van der Waals surface area (Å²) in [7, 11) is 1.89. The molecular formula is C9H10ClNOS. The molecule has 0 N–H and O–H groups in total. The standard InChI is InChI=1S/C9H10ClNOS/c1-11(13-2)8-6-4-3-5-7(8)9(10)12/h3-6H,1-2H3. The molecule has 0 radical (unpaired) electrons. The molecule has 0 saturated carbocycles. The fraction of sp³-hybridized carbons (Fsp3) is 0.222. The maximum Gasteiger partial charge on any atom is 0.254 e. The summed E-state index contributed by atoms with van der Waals surface area (Å²) < 4.78 is 1.90. The van der Waals surface area contributed by atoms with Gasteiger partial charge in [0.2, 0.25) is 0 Å². The van der Waals surface area contributed by atoms with Crippen LogP contribution in [-0.2, 0) is 0 Å². The van der Waals surface area contributed by atoms with Crippen LogP contribution in [0.2, 0.25) is 0 Å². The molecule has 0 heterocycles. The van der Waals surface area contributed by atoms with Crippen LogP contribution in [-0.4, -0.2) is 18.5 Å². The van der Waals surface area contributed by atoms with E-state index in [1.807, 2.05) is 29.7 Å². The number of para-hydroxylation sites is 1. The van der Waals surface area contributed by atoms with Crippen LogP contribution >= 0.6 is 23.5 Å². The van der Waals surface area contributed by atoms with E-state index in [9.17, 15) is 4.79 Å². The van der Waals surface area contributed by atoms with Crippen molar-refractivity contribution in [3.8, 4) is 0 Å². The lowest BCUT2D eigenvalue weighted by atomic mass is 10.2. The molecule has 0 aliphatic carbocycles.